The van der Waals surface area contributed by atoms with Crippen LogP contribution in [-0.4, -0.2) is 11.9 Å². The van der Waals surface area contributed by atoms with Crippen LogP contribution in [0.4, 0.5) is 11.4 Å². The van der Waals surface area contributed by atoms with Gasteiger partial charge in [-0.05, 0) is 74.4 Å². The van der Waals surface area contributed by atoms with Crippen LogP contribution in [-0.2, 0) is 12.0 Å². The second-order valence-corrected chi connectivity index (χ2v) is 10.3. The van der Waals surface area contributed by atoms with Crippen molar-refractivity contribution in [1.82, 2.24) is 0 Å². The summed E-state index contributed by atoms with van der Waals surface area (Å²) < 4.78 is 7.05. The Morgan fingerprint density at radius 1 is 0.853 bits per heavy atom. The monoisotopic (exact) mass is 446 g/mol. The average Bonchev–Trinajstić information content (AvgIpc) is 2.99. The Morgan fingerprint density at radius 2 is 1.56 bits per heavy atom. The highest BCUT2D eigenvalue weighted by atomic mass is 16.5. The minimum absolute atomic E-state index is 0.303. The summed E-state index contributed by atoms with van der Waals surface area (Å²) in [4.78, 5) is 7.52. The first-order chi connectivity index (χ1) is 16.3. The third-order valence-electron chi connectivity index (χ3n) is 7.82. The molecule has 0 aliphatic carbocycles. The van der Waals surface area contributed by atoms with Crippen molar-refractivity contribution in [2.45, 2.75) is 52.3 Å². The molecule has 1 atom stereocenters. The topological polar surface area (TPSA) is 24.8 Å². The summed E-state index contributed by atoms with van der Waals surface area (Å²) in [6.07, 6.45) is 2.06. The predicted molar refractivity (Wildman–Crippen MR) is 142 cm³/mol. The zero-order valence-corrected chi connectivity index (χ0v) is 20.5. The van der Waals surface area contributed by atoms with Gasteiger partial charge in [-0.1, -0.05) is 66.2 Å². The Bertz CT molecular complexity index is 1460. The van der Waals surface area contributed by atoms with E-state index in [9.17, 15) is 0 Å². The maximum Gasteiger partial charge on any atom is 0.229 e. The lowest BCUT2D eigenvalue weighted by atomic mass is 9.77. The van der Waals surface area contributed by atoms with Gasteiger partial charge in [0.05, 0.1) is 11.6 Å². The molecule has 3 nitrogen and oxygen atoms in total. The summed E-state index contributed by atoms with van der Waals surface area (Å²) in [5, 5.41) is 2.30. The van der Waals surface area contributed by atoms with Crippen molar-refractivity contribution in [2.24, 2.45) is 4.99 Å². The van der Waals surface area contributed by atoms with Crippen LogP contribution >= 0.6 is 0 Å². The number of aryl methyl sites for hydroxylation is 3. The number of anilines is 1. The average molecular weight is 447 g/mol. The van der Waals surface area contributed by atoms with Gasteiger partial charge in [0.15, 0.2) is 0 Å². The van der Waals surface area contributed by atoms with E-state index in [1.165, 1.54) is 38.9 Å². The summed E-state index contributed by atoms with van der Waals surface area (Å²) in [5.41, 5.74) is 7.65. The number of ether oxygens (including phenoxy) is 1. The number of aliphatic imine (C=N–C) groups is 1. The van der Waals surface area contributed by atoms with E-state index >= 15 is 0 Å². The van der Waals surface area contributed by atoms with Crippen molar-refractivity contribution in [3.63, 3.8) is 0 Å². The normalized spacial score (nSPS) is 19.9. The van der Waals surface area contributed by atoms with Crippen molar-refractivity contribution in [3.8, 4) is 5.75 Å². The standard InChI is InChI=1S/C31H30N2O/c1-20-16-21(2)25(22(3)17-20)18-33-27-13-9-8-12-26(27)30(4,5)31(33)19-32-29-24-11-7-6-10-23(24)14-15-28(29)34-31/h6-17,19H,18H2,1-5H3. The van der Waals surface area contributed by atoms with Crippen LogP contribution in [0.1, 0.15) is 41.7 Å². The molecular formula is C31H30N2O. The summed E-state index contributed by atoms with van der Waals surface area (Å²) >= 11 is 0. The molecule has 0 saturated heterocycles. The van der Waals surface area contributed by atoms with Gasteiger partial charge < -0.3 is 9.64 Å². The lowest BCUT2D eigenvalue weighted by Gasteiger charge is -2.46. The molecule has 4 aromatic rings. The van der Waals surface area contributed by atoms with E-state index in [0.717, 1.165) is 23.4 Å². The highest BCUT2D eigenvalue weighted by Gasteiger charge is 2.59. The van der Waals surface area contributed by atoms with Crippen molar-refractivity contribution in [1.29, 1.82) is 0 Å². The molecule has 34 heavy (non-hydrogen) atoms. The van der Waals surface area contributed by atoms with Gasteiger partial charge in [-0.25, -0.2) is 0 Å². The Balaban J connectivity index is 1.55. The number of benzene rings is 4. The van der Waals surface area contributed by atoms with E-state index in [2.05, 4.69) is 119 Å². The summed E-state index contributed by atoms with van der Waals surface area (Å²) in [6, 6.07) is 25.8. The van der Waals surface area contributed by atoms with Gasteiger partial charge in [0.25, 0.3) is 0 Å². The predicted octanol–water partition coefficient (Wildman–Crippen LogP) is 7.55. The van der Waals surface area contributed by atoms with Crippen LogP contribution in [0.2, 0.25) is 0 Å². The van der Waals surface area contributed by atoms with Gasteiger partial charge in [0.1, 0.15) is 11.4 Å². The second-order valence-electron chi connectivity index (χ2n) is 10.3. The minimum Gasteiger partial charge on any atom is -0.459 e. The fourth-order valence-electron chi connectivity index (χ4n) is 5.98. The SMILES string of the molecule is Cc1cc(C)c(CN2c3ccccc3C(C)(C)C23C=Nc2c(ccc4ccccc24)O3)c(C)c1. The maximum atomic E-state index is 7.05. The molecule has 2 aliphatic heterocycles. The molecular weight excluding hydrogens is 416 g/mol. The summed E-state index contributed by atoms with van der Waals surface area (Å²) in [7, 11) is 0. The maximum absolute atomic E-state index is 7.05. The summed E-state index contributed by atoms with van der Waals surface area (Å²) in [6.45, 7) is 11.9. The van der Waals surface area contributed by atoms with Gasteiger partial charge in [-0.15, -0.1) is 0 Å². The first-order valence-electron chi connectivity index (χ1n) is 12.0. The first-order valence-corrected chi connectivity index (χ1v) is 12.0. The molecule has 1 unspecified atom stereocenters. The highest BCUT2D eigenvalue weighted by Crippen LogP contribution is 2.55. The molecule has 2 aliphatic rings. The van der Waals surface area contributed by atoms with Crippen LogP contribution in [0, 0.1) is 20.8 Å². The molecule has 2 heterocycles. The van der Waals surface area contributed by atoms with Gasteiger partial charge in [0, 0.05) is 17.6 Å². The number of hydrogen-bond acceptors (Lipinski definition) is 3. The van der Waals surface area contributed by atoms with Crippen molar-refractivity contribution in [2.75, 3.05) is 4.90 Å². The molecule has 4 aromatic carbocycles. The van der Waals surface area contributed by atoms with E-state index in [-0.39, 0.29) is 5.41 Å². The van der Waals surface area contributed by atoms with Crippen LogP contribution in [0.5, 0.6) is 5.75 Å². The number of nitrogens with zero attached hydrogens (tertiary/aromatic N) is 2. The Labute approximate surface area is 201 Å². The highest BCUT2D eigenvalue weighted by molar-refractivity contribution is 5.99. The van der Waals surface area contributed by atoms with Crippen LogP contribution in [0.25, 0.3) is 10.8 Å². The quantitative estimate of drug-likeness (QED) is 0.317. The lowest BCUT2D eigenvalue weighted by Crippen LogP contribution is -2.62. The van der Waals surface area contributed by atoms with Gasteiger partial charge in [-0.3, -0.25) is 4.99 Å². The molecule has 1 spiro atoms. The van der Waals surface area contributed by atoms with Crippen molar-refractivity contribution in [3.05, 3.63) is 101 Å². The van der Waals surface area contributed by atoms with E-state index in [1.807, 2.05) is 0 Å². The number of para-hydroxylation sites is 1. The third-order valence-corrected chi connectivity index (χ3v) is 7.82. The van der Waals surface area contributed by atoms with Gasteiger partial charge in [0.2, 0.25) is 5.72 Å². The number of rotatable bonds is 2. The van der Waals surface area contributed by atoms with Crippen LogP contribution < -0.4 is 9.64 Å². The van der Waals surface area contributed by atoms with E-state index < -0.39 is 5.72 Å². The molecule has 0 radical (unpaired) electrons. The minimum atomic E-state index is -0.726. The number of fused-ring (bicyclic) bond motifs is 4. The van der Waals surface area contributed by atoms with Crippen LogP contribution in [0.15, 0.2) is 77.8 Å². The molecule has 0 amide bonds. The van der Waals surface area contributed by atoms with Gasteiger partial charge >= 0.3 is 0 Å². The van der Waals surface area contributed by atoms with E-state index in [4.69, 9.17) is 9.73 Å². The molecule has 6 rings (SSSR count). The zero-order chi connectivity index (χ0) is 23.7. The Morgan fingerprint density at radius 3 is 2.35 bits per heavy atom. The fraction of sp³-hybridized carbons (Fsp3) is 0.258. The van der Waals surface area contributed by atoms with E-state index in [1.54, 1.807) is 0 Å². The third kappa shape index (κ3) is 2.79. The molecule has 0 saturated carbocycles. The first kappa shape index (κ1) is 21.0. The zero-order valence-electron chi connectivity index (χ0n) is 20.5. The molecule has 0 aromatic heterocycles. The largest absolute Gasteiger partial charge is 0.459 e. The summed E-state index contributed by atoms with van der Waals surface area (Å²) in [5.74, 6) is 0.837. The molecule has 0 N–H and O–H groups in total. The fourth-order valence-corrected chi connectivity index (χ4v) is 5.98. The second kappa shape index (κ2) is 7.20. The Hall–Kier alpha value is -3.59. The number of hydrogen-bond donors (Lipinski definition) is 0. The molecule has 3 heteroatoms. The molecule has 0 fully saturated rings. The van der Waals surface area contributed by atoms with E-state index in [0.29, 0.717) is 0 Å². The van der Waals surface area contributed by atoms with Gasteiger partial charge in [-0.2, -0.15) is 0 Å². The lowest BCUT2D eigenvalue weighted by molar-refractivity contribution is 0.0764. The van der Waals surface area contributed by atoms with Crippen molar-refractivity contribution >= 4 is 28.4 Å². The Kier molecular flexibility index (Phi) is 4.44. The molecule has 0 bridgehead atoms. The van der Waals surface area contributed by atoms with Crippen LogP contribution in [0.3, 0.4) is 0 Å². The van der Waals surface area contributed by atoms with Crippen molar-refractivity contribution < 1.29 is 4.74 Å². The molecule has 170 valence electrons. The smallest absolute Gasteiger partial charge is 0.229 e.